The average Bonchev–Trinajstić information content (AvgIpc) is 2.93. The number of allylic oxidation sites excluding steroid dienone is 2. The molecule has 4 N–H and O–H groups in total. The van der Waals surface area contributed by atoms with Crippen molar-refractivity contribution in [2.24, 2.45) is 0 Å². The molecule has 0 amide bonds. The minimum absolute atomic E-state index is 0.143. The predicted molar refractivity (Wildman–Crippen MR) is 112 cm³/mol. The molecule has 0 aliphatic heterocycles. The van der Waals surface area contributed by atoms with Crippen LogP contribution in [0.25, 0.3) is 0 Å². The molecule has 0 saturated carbocycles. The summed E-state index contributed by atoms with van der Waals surface area (Å²) in [5, 5.41) is 27.5. The molecule has 0 saturated heterocycles. The van der Waals surface area contributed by atoms with E-state index in [2.05, 4.69) is 10.6 Å². The van der Waals surface area contributed by atoms with Gasteiger partial charge in [-0.05, 0) is 51.8 Å². The van der Waals surface area contributed by atoms with E-state index in [0.29, 0.717) is 19.4 Å². The van der Waals surface area contributed by atoms with Crippen LogP contribution in [0.3, 0.4) is 0 Å². The second-order valence-corrected chi connectivity index (χ2v) is 7.33. The lowest BCUT2D eigenvalue weighted by Gasteiger charge is -2.15. The molecule has 1 aliphatic rings. The molecule has 0 spiro atoms. The number of para-hydroxylation sites is 2. The van der Waals surface area contributed by atoms with Gasteiger partial charge in [0.1, 0.15) is 5.75 Å². The number of aromatic hydroxyl groups is 2. The smallest absolute Gasteiger partial charge is 0.197 e. The highest BCUT2D eigenvalue weighted by molar-refractivity contribution is 5.56. The fraction of sp³-hybridized carbons (Fsp3) is 0.455. The highest BCUT2D eigenvalue weighted by atomic mass is 16.5. The molecule has 0 fully saturated rings. The lowest BCUT2D eigenvalue weighted by Crippen LogP contribution is -2.24. The number of nitrogens with one attached hydrogen (secondary N) is 2. The van der Waals surface area contributed by atoms with E-state index >= 15 is 0 Å². The van der Waals surface area contributed by atoms with Crippen molar-refractivity contribution in [2.75, 3.05) is 25.0 Å². The second-order valence-electron chi connectivity index (χ2n) is 7.33. The number of rotatable bonds is 10. The van der Waals surface area contributed by atoms with Crippen molar-refractivity contribution in [2.45, 2.75) is 45.8 Å². The molecule has 0 radical (unpaired) electrons. The van der Waals surface area contributed by atoms with Gasteiger partial charge in [0, 0.05) is 30.8 Å². The van der Waals surface area contributed by atoms with E-state index in [9.17, 15) is 10.2 Å². The second kappa shape index (κ2) is 9.55. The number of fused-ring (bicyclic) bond motifs is 1. The lowest BCUT2D eigenvalue weighted by molar-refractivity contribution is 0.243. The number of benzene rings is 1. The average molecular weight is 386 g/mol. The third-order valence-electron chi connectivity index (χ3n) is 4.83. The monoisotopic (exact) mass is 385 g/mol. The zero-order chi connectivity index (χ0) is 19.9. The third kappa shape index (κ3) is 4.81. The number of hydrogen-bond donors (Lipinski definition) is 4. The largest absolute Gasteiger partial charge is 0.494 e. The summed E-state index contributed by atoms with van der Waals surface area (Å²) in [7, 11) is 0. The Labute approximate surface area is 166 Å². The number of aromatic nitrogens is 1. The van der Waals surface area contributed by atoms with Crippen LogP contribution in [0.4, 0.5) is 5.69 Å². The van der Waals surface area contributed by atoms with E-state index in [0.717, 1.165) is 48.6 Å². The summed E-state index contributed by atoms with van der Waals surface area (Å²) in [6.45, 7) is 7.05. The summed E-state index contributed by atoms with van der Waals surface area (Å²) in [6.07, 6.45) is 6.41. The molecule has 0 unspecified atom stereocenters. The van der Waals surface area contributed by atoms with E-state index in [1.165, 1.54) is 0 Å². The number of nitrogens with zero attached hydrogens (tertiary/aromatic N) is 1. The molecule has 6 nitrogen and oxygen atoms in total. The summed E-state index contributed by atoms with van der Waals surface area (Å²) < 4.78 is 7.43. The van der Waals surface area contributed by atoms with Crippen LogP contribution in [0.15, 0.2) is 36.4 Å². The number of hydrogen-bond acceptors (Lipinski definition) is 5. The van der Waals surface area contributed by atoms with Gasteiger partial charge in [0.25, 0.3) is 0 Å². The summed E-state index contributed by atoms with van der Waals surface area (Å²) >= 11 is 0. The van der Waals surface area contributed by atoms with Crippen LogP contribution < -0.4 is 15.4 Å². The Bertz CT molecular complexity index is 780. The minimum atomic E-state index is 0.143. The van der Waals surface area contributed by atoms with Gasteiger partial charge in [-0.25, -0.2) is 0 Å². The molecule has 0 bridgehead atoms. The lowest BCUT2D eigenvalue weighted by atomic mass is 10.0. The Morgan fingerprint density at radius 1 is 1.00 bits per heavy atom. The fourth-order valence-corrected chi connectivity index (χ4v) is 3.48. The van der Waals surface area contributed by atoms with Gasteiger partial charge in [-0.3, -0.25) is 4.57 Å². The first-order chi connectivity index (χ1) is 13.6. The molecule has 0 atom stereocenters. The van der Waals surface area contributed by atoms with Crippen molar-refractivity contribution < 1.29 is 14.9 Å². The SMILES string of the molecule is CC(C)Oc1ccccc1NCCNCCCn1c(O)c2c(c1O)CC=CC2. The van der Waals surface area contributed by atoms with Gasteiger partial charge >= 0.3 is 0 Å². The van der Waals surface area contributed by atoms with Gasteiger partial charge in [-0.15, -0.1) is 0 Å². The first-order valence-corrected chi connectivity index (χ1v) is 10.1. The molecule has 152 valence electrons. The summed E-state index contributed by atoms with van der Waals surface area (Å²) in [4.78, 5) is 0. The quantitative estimate of drug-likeness (QED) is 0.372. The standard InChI is InChI=1S/C22H31N3O3/c1-16(2)28-20-11-6-5-10-19(20)24-14-13-23-12-7-15-25-21(26)17-8-3-4-9-18(17)22(25)27/h3-6,10-11,16,23-24,26-27H,7-9,12-15H2,1-2H3. The van der Waals surface area contributed by atoms with Gasteiger partial charge in [0.15, 0.2) is 11.8 Å². The summed E-state index contributed by atoms with van der Waals surface area (Å²) in [5.74, 6) is 1.29. The molecule has 1 aliphatic carbocycles. The van der Waals surface area contributed by atoms with Crippen molar-refractivity contribution in [1.29, 1.82) is 0 Å². The van der Waals surface area contributed by atoms with Gasteiger partial charge in [0.05, 0.1) is 11.8 Å². The minimum Gasteiger partial charge on any atom is -0.494 e. The van der Waals surface area contributed by atoms with Crippen LogP contribution in [-0.2, 0) is 19.4 Å². The Kier molecular flexibility index (Phi) is 6.87. The maximum absolute atomic E-state index is 10.3. The Balaban J connectivity index is 1.38. The van der Waals surface area contributed by atoms with E-state index < -0.39 is 0 Å². The van der Waals surface area contributed by atoms with Crippen LogP contribution >= 0.6 is 0 Å². The zero-order valence-electron chi connectivity index (χ0n) is 16.7. The molecule has 2 aromatic rings. The Hall–Kier alpha value is -2.60. The first kappa shape index (κ1) is 20.1. The summed E-state index contributed by atoms with van der Waals surface area (Å²) in [5.41, 5.74) is 2.72. The van der Waals surface area contributed by atoms with E-state index in [1.807, 2.05) is 50.3 Å². The number of ether oxygens (including phenoxy) is 1. The topological polar surface area (TPSA) is 78.7 Å². The Morgan fingerprint density at radius 3 is 2.36 bits per heavy atom. The van der Waals surface area contributed by atoms with Crippen LogP contribution in [0.5, 0.6) is 17.5 Å². The highest BCUT2D eigenvalue weighted by Gasteiger charge is 2.21. The van der Waals surface area contributed by atoms with Gasteiger partial charge in [0.2, 0.25) is 0 Å². The van der Waals surface area contributed by atoms with Crippen LogP contribution in [-0.4, -0.2) is 40.5 Å². The Morgan fingerprint density at radius 2 is 1.68 bits per heavy atom. The van der Waals surface area contributed by atoms with Crippen molar-refractivity contribution in [3.8, 4) is 17.5 Å². The summed E-state index contributed by atoms with van der Waals surface area (Å²) in [6, 6.07) is 7.96. The van der Waals surface area contributed by atoms with E-state index in [4.69, 9.17) is 4.74 Å². The maximum Gasteiger partial charge on any atom is 0.197 e. The molecule has 28 heavy (non-hydrogen) atoms. The van der Waals surface area contributed by atoms with Crippen molar-refractivity contribution >= 4 is 5.69 Å². The molecule has 1 aromatic heterocycles. The normalized spacial score (nSPS) is 13.0. The zero-order valence-corrected chi connectivity index (χ0v) is 16.7. The third-order valence-corrected chi connectivity index (χ3v) is 4.83. The molecular formula is C22H31N3O3. The van der Waals surface area contributed by atoms with Crippen molar-refractivity contribution in [3.63, 3.8) is 0 Å². The van der Waals surface area contributed by atoms with Crippen LogP contribution in [0, 0.1) is 0 Å². The van der Waals surface area contributed by atoms with Crippen molar-refractivity contribution in [3.05, 3.63) is 47.5 Å². The molecule has 1 aromatic carbocycles. The van der Waals surface area contributed by atoms with Gasteiger partial charge in [-0.2, -0.15) is 0 Å². The molecular weight excluding hydrogens is 354 g/mol. The maximum atomic E-state index is 10.3. The fourth-order valence-electron chi connectivity index (χ4n) is 3.48. The van der Waals surface area contributed by atoms with Crippen LogP contribution in [0.2, 0.25) is 0 Å². The van der Waals surface area contributed by atoms with E-state index in [-0.39, 0.29) is 17.9 Å². The van der Waals surface area contributed by atoms with Gasteiger partial charge < -0.3 is 25.6 Å². The molecule has 6 heteroatoms. The van der Waals surface area contributed by atoms with Crippen LogP contribution in [0.1, 0.15) is 31.4 Å². The molecule has 3 rings (SSSR count). The van der Waals surface area contributed by atoms with Crippen molar-refractivity contribution in [1.82, 2.24) is 9.88 Å². The van der Waals surface area contributed by atoms with Gasteiger partial charge in [-0.1, -0.05) is 24.3 Å². The number of anilines is 1. The molecule has 1 heterocycles. The highest BCUT2D eigenvalue weighted by Crippen LogP contribution is 2.36. The predicted octanol–water partition coefficient (Wildman–Crippen LogP) is 3.43. The first-order valence-electron chi connectivity index (χ1n) is 10.1. The van der Waals surface area contributed by atoms with E-state index in [1.54, 1.807) is 4.57 Å².